The number of likely N-dealkylation sites (tertiary alicyclic amines) is 1. The molecule has 2 aromatic heterocycles. The Hall–Kier alpha value is -2.68. The molecule has 0 amide bonds. The first-order chi connectivity index (χ1) is 14.6. The van der Waals surface area contributed by atoms with Gasteiger partial charge in [-0.05, 0) is 65.8 Å². The van der Waals surface area contributed by atoms with Crippen LogP contribution in [0.1, 0.15) is 23.5 Å². The normalized spacial score (nSPS) is 17.5. The van der Waals surface area contributed by atoms with Crippen LogP contribution in [0.2, 0.25) is 0 Å². The molecule has 1 atom stereocenters. The zero-order chi connectivity index (χ0) is 20.6. The quantitative estimate of drug-likeness (QED) is 0.467. The van der Waals surface area contributed by atoms with E-state index in [0.29, 0.717) is 11.6 Å². The highest BCUT2D eigenvalue weighted by molar-refractivity contribution is 7.92. The van der Waals surface area contributed by atoms with Gasteiger partial charge in [-0.25, -0.2) is 0 Å². The minimum atomic E-state index is -3.64. The topological polar surface area (TPSA) is 78.1 Å². The summed E-state index contributed by atoms with van der Waals surface area (Å²) in [6, 6.07) is 17.6. The number of hydrogen-bond acceptors (Lipinski definition) is 5. The minimum absolute atomic E-state index is 0.0590. The van der Waals surface area contributed by atoms with Crippen molar-refractivity contribution in [2.75, 3.05) is 17.8 Å². The van der Waals surface area contributed by atoms with Crippen LogP contribution in [0.5, 0.6) is 0 Å². The van der Waals surface area contributed by atoms with Gasteiger partial charge in [0.2, 0.25) is 0 Å². The smallest absolute Gasteiger partial charge is 0.280 e. The largest absolute Gasteiger partial charge is 0.361 e. The van der Waals surface area contributed by atoms with Crippen LogP contribution in [0, 0.1) is 0 Å². The number of aromatic amines is 1. The summed E-state index contributed by atoms with van der Waals surface area (Å²) < 4.78 is 31.5. The van der Waals surface area contributed by atoms with E-state index in [-0.39, 0.29) is 5.03 Å². The molecular weight excluding hydrogens is 416 g/mol. The van der Waals surface area contributed by atoms with E-state index >= 15 is 0 Å². The third-order valence-electron chi connectivity index (χ3n) is 5.64. The van der Waals surface area contributed by atoms with E-state index in [1.165, 1.54) is 22.5 Å². The van der Waals surface area contributed by atoms with Gasteiger partial charge in [-0.15, -0.1) is 0 Å². The lowest BCUT2D eigenvalue weighted by atomic mass is 9.98. The number of nitrogens with one attached hydrogen (secondary N) is 2. The van der Waals surface area contributed by atoms with Crippen LogP contribution >= 0.6 is 11.5 Å². The second kappa shape index (κ2) is 7.86. The zero-order valence-corrected chi connectivity index (χ0v) is 17.9. The number of aromatic nitrogens is 2. The van der Waals surface area contributed by atoms with E-state index in [4.69, 9.17) is 0 Å². The molecule has 8 heteroatoms. The molecule has 0 aliphatic carbocycles. The summed E-state index contributed by atoms with van der Waals surface area (Å²) in [5, 5.41) is 2.99. The third-order valence-corrected chi connectivity index (χ3v) is 7.60. The van der Waals surface area contributed by atoms with E-state index in [1.807, 2.05) is 18.2 Å². The van der Waals surface area contributed by atoms with Gasteiger partial charge in [0.05, 0.1) is 0 Å². The molecule has 154 valence electrons. The summed E-state index contributed by atoms with van der Waals surface area (Å²) in [5.41, 5.74) is 4.23. The van der Waals surface area contributed by atoms with Crippen LogP contribution in [-0.2, 0) is 16.6 Å². The molecule has 2 aromatic carbocycles. The molecule has 1 unspecified atom stereocenters. The van der Waals surface area contributed by atoms with Gasteiger partial charge in [0, 0.05) is 41.3 Å². The van der Waals surface area contributed by atoms with Crippen LogP contribution in [-0.4, -0.2) is 35.8 Å². The second-order valence-electron chi connectivity index (χ2n) is 7.65. The Morgan fingerprint density at radius 1 is 1.17 bits per heavy atom. The molecule has 6 nitrogen and oxygen atoms in total. The lowest BCUT2D eigenvalue weighted by Gasteiger charge is -2.16. The lowest BCUT2D eigenvalue weighted by Crippen LogP contribution is -2.19. The van der Waals surface area contributed by atoms with Crippen molar-refractivity contribution in [1.29, 1.82) is 0 Å². The Morgan fingerprint density at radius 2 is 2.07 bits per heavy atom. The SMILES string of the molecule is O=S(=O)(Nc1cccc(C2CCN(Cc3c[nH]c4ccccc34)C2)c1)c1ccsn1. The van der Waals surface area contributed by atoms with Crippen molar-refractivity contribution in [2.24, 2.45) is 0 Å². The number of rotatable bonds is 6. The maximum Gasteiger partial charge on any atom is 0.280 e. The molecule has 1 fully saturated rings. The molecule has 2 N–H and O–H groups in total. The summed E-state index contributed by atoms with van der Waals surface area (Å²) in [6.45, 7) is 2.90. The highest BCUT2D eigenvalue weighted by atomic mass is 32.2. The van der Waals surface area contributed by atoms with Gasteiger partial charge in [0.25, 0.3) is 10.0 Å². The number of sulfonamides is 1. The third kappa shape index (κ3) is 3.86. The number of para-hydroxylation sites is 1. The number of hydrogen-bond donors (Lipinski definition) is 2. The second-order valence-corrected chi connectivity index (χ2v) is 9.94. The van der Waals surface area contributed by atoms with Gasteiger partial charge >= 0.3 is 0 Å². The lowest BCUT2D eigenvalue weighted by molar-refractivity contribution is 0.328. The van der Waals surface area contributed by atoms with Crippen LogP contribution in [0.25, 0.3) is 10.9 Å². The van der Waals surface area contributed by atoms with Gasteiger partial charge in [-0.1, -0.05) is 30.3 Å². The average molecular weight is 439 g/mol. The highest BCUT2D eigenvalue weighted by Gasteiger charge is 2.25. The van der Waals surface area contributed by atoms with Crippen molar-refractivity contribution in [1.82, 2.24) is 14.3 Å². The van der Waals surface area contributed by atoms with Gasteiger partial charge in [0.1, 0.15) is 0 Å². The molecule has 4 aromatic rings. The summed E-state index contributed by atoms with van der Waals surface area (Å²) in [6.07, 6.45) is 3.16. The maximum atomic E-state index is 12.5. The molecule has 1 aliphatic rings. The summed E-state index contributed by atoms with van der Waals surface area (Å²) in [4.78, 5) is 5.81. The van der Waals surface area contributed by atoms with Crippen molar-refractivity contribution in [3.8, 4) is 0 Å². The van der Waals surface area contributed by atoms with E-state index in [2.05, 4.69) is 49.4 Å². The average Bonchev–Trinajstić information content (AvgIpc) is 3.50. The first-order valence-corrected chi connectivity index (χ1v) is 12.2. The first-order valence-electron chi connectivity index (χ1n) is 9.89. The van der Waals surface area contributed by atoms with Gasteiger partial charge < -0.3 is 4.98 Å². The summed E-state index contributed by atoms with van der Waals surface area (Å²) >= 11 is 1.13. The van der Waals surface area contributed by atoms with E-state index in [9.17, 15) is 8.42 Å². The van der Waals surface area contributed by atoms with Crippen LogP contribution in [0.15, 0.2) is 71.2 Å². The Morgan fingerprint density at radius 3 is 2.93 bits per heavy atom. The summed E-state index contributed by atoms with van der Waals surface area (Å²) in [5.74, 6) is 0.388. The van der Waals surface area contributed by atoms with Crippen molar-refractivity contribution >= 4 is 38.1 Å². The molecular formula is C22H22N4O2S2. The van der Waals surface area contributed by atoms with Crippen molar-refractivity contribution < 1.29 is 8.42 Å². The zero-order valence-electron chi connectivity index (χ0n) is 16.3. The Bertz CT molecular complexity index is 1270. The molecule has 1 aliphatic heterocycles. The fourth-order valence-corrected chi connectivity index (χ4v) is 5.97. The minimum Gasteiger partial charge on any atom is -0.361 e. The van der Waals surface area contributed by atoms with E-state index < -0.39 is 10.0 Å². The molecule has 0 bridgehead atoms. The predicted octanol–water partition coefficient (Wildman–Crippen LogP) is 4.41. The molecule has 30 heavy (non-hydrogen) atoms. The maximum absolute atomic E-state index is 12.5. The monoisotopic (exact) mass is 438 g/mol. The molecule has 0 saturated carbocycles. The van der Waals surface area contributed by atoms with Crippen molar-refractivity contribution in [3.05, 3.63) is 77.3 Å². The van der Waals surface area contributed by atoms with E-state index in [0.717, 1.165) is 43.2 Å². The Kier molecular flexibility index (Phi) is 5.06. The molecule has 0 spiro atoms. The van der Waals surface area contributed by atoms with Crippen molar-refractivity contribution in [3.63, 3.8) is 0 Å². The van der Waals surface area contributed by atoms with Gasteiger partial charge in [-0.3, -0.25) is 9.62 Å². The van der Waals surface area contributed by atoms with Crippen LogP contribution < -0.4 is 4.72 Å². The summed E-state index contributed by atoms with van der Waals surface area (Å²) in [7, 11) is -3.64. The number of anilines is 1. The van der Waals surface area contributed by atoms with Gasteiger partial charge in [-0.2, -0.15) is 12.8 Å². The fourth-order valence-electron chi connectivity index (χ4n) is 4.16. The van der Waals surface area contributed by atoms with E-state index in [1.54, 1.807) is 11.4 Å². The number of benzene rings is 2. The highest BCUT2D eigenvalue weighted by Crippen LogP contribution is 2.31. The Labute approximate surface area is 179 Å². The van der Waals surface area contributed by atoms with Crippen LogP contribution in [0.3, 0.4) is 0 Å². The van der Waals surface area contributed by atoms with Crippen molar-refractivity contribution in [2.45, 2.75) is 23.9 Å². The first kappa shape index (κ1) is 19.3. The Balaban J connectivity index is 1.28. The molecule has 5 rings (SSSR count). The number of H-pyrrole nitrogens is 1. The molecule has 0 radical (unpaired) electrons. The fraction of sp³-hybridized carbons (Fsp3) is 0.227. The number of nitrogens with zero attached hydrogens (tertiary/aromatic N) is 2. The molecule has 1 saturated heterocycles. The van der Waals surface area contributed by atoms with Crippen LogP contribution in [0.4, 0.5) is 5.69 Å². The number of fused-ring (bicyclic) bond motifs is 1. The standard InChI is InChI=1S/C22H22N4O2S2/c27-30(28,22-9-11-29-24-22)25-19-5-3-4-16(12-19)17-8-10-26(14-17)15-18-13-23-21-7-2-1-6-20(18)21/h1-7,9,11-13,17,23,25H,8,10,14-15H2. The molecule has 3 heterocycles. The predicted molar refractivity (Wildman–Crippen MR) is 120 cm³/mol. The van der Waals surface area contributed by atoms with Gasteiger partial charge in [0.15, 0.2) is 5.03 Å².